The molecule has 2 saturated carbocycles. The third-order valence-electron chi connectivity index (χ3n) is 5.75. The molecule has 0 aliphatic heterocycles. The summed E-state index contributed by atoms with van der Waals surface area (Å²) in [6, 6.07) is 5.10. The van der Waals surface area contributed by atoms with Crippen LogP contribution < -0.4 is 11.1 Å². The monoisotopic (exact) mass is 348 g/mol. The van der Waals surface area contributed by atoms with Gasteiger partial charge in [-0.05, 0) is 62.1 Å². The van der Waals surface area contributed by atoms with Gasteiger partial charge in [0.1, 0.15) is 6.54 Å². The molecular weight excluding hydrogens is 328 g/mol. The number of nitrogens with zero attached hydrogens (tertiary/aromatic N) is 1. The number of halogens is 1. The minimum atomic E-state index is -0.532. The first-order valence-corrected chi connectivity index (χ1v) is 8.97. The molecule has 0 unspecified atom stereocenters. The number of carbonyl (C=O) groups excluding carboxylic acids is 1. The molecule has 0 saturated heterocycles. The maximum atomic E-state index is 12.4. The molecule has 2 aliphatic carbocycles. The van der Waals surface area contributed by atoms with Crippen LogP contribution in [-0.4, -0.2) is 16.5 Å². The average Bonchev–Trinajstić information content (AvgIpc) is 3.23. The molecular formula is C18H21ClN2O3. The van der Waals surface area contributed by atoms with Crippen molar-refractivity contribution in [2.45, 2.75) is 45.2 Å². The Bertz CT molecular complexity index is 840. The summed E-state index contributed by atoms with van der Waals surface area (Å²) in [4.78, 5) is 24.4. The zero-order chi connectivity index (χ0) is 16.8. The van der Waals surface area contributed by atoms with E-state index < -0.39 is 5.76 Å². The van der Waals surface area contributed by atoms with Gasteiger partial charge in [0.25, 0.3) is 0 Å². The Labute approximate surface area is 145 Å². The van der Waals surface area contributed by atoms with Crippen molar-refractivity contribution < 1.29 is 9.21 Å². The van der Waals surface area contributed by atoms with Gasteiger partial charge in [-0.25, -0.2) is 4.79 Å². The Hall–Kier alpha value is -1.75. The van der Waals surface area contributed by atoms with E-state index in [-0.39, 0.29) is 18.5 Å². The minimum Gasteiger partial charge on any atom is -0.408 e. The van der Waals surface area contributed by atoms with Crippen LogP contribution in [0.5, 0.6) is 0 Å². The zero-order valence-electron chi connectivity index (χ0n) is 13.6. The highest BCUT2D eigenvalue weighted by Crippen LogP contribution is 2.49. The van der Waals surface area contributed by atoms with Crippen LogP contribution in [0.25, 0.3) is 11.1 Å². The van der Waals surface area contributed by atoms with Gasteiger partial charge in [0.15, 0.2) is 5.58 Å². The van der Waals surface area contributed by atoms with E-state index in [9.17, 15) is 9.59 Å². The summed E-state index contributed by atoms with van der Waals surface area (Å²) < 4.78 is 6.51. The van der Waals surface area contributed by atoms with E-state index in [1.807, 2.05) is 0 Å². The van der Waals surface area contributed by atoms with Crippen molar-refractivity contribution in [2.75, 3.05) is 0 Å². The first-order valence-electron chi connectivity index (χ1n) is 8.59. The molecule has 5 nitrogen and oxygen atoms in total. The molecule has 2 fully saturated rings. The van der Waals surface area contributed by atoms with Crippen molar-refractivity contribution in [3.05, 3.63) is 33.8 Å². The number of oxazole rings is 1. The molecule has 0 radical (unpaired) electrons. The summed E-state index contributed by atoms with van der Waals surface area (Å²) in [7, 11) is 0. The topological polar surface area (TPSA) is 64.2 Å². The van der Waals surface area contributed by atoms with Gasteiger partial charge >= 0.3 is 5.76 Å². The Morgan fingerprint density at radius 3 is 2.96 bits per heavy atom. The highest BCUT2D eigenvalue weighted by Gasteiger charge is 2.42. The number of carbonyl (C=O) groups is 1. The normalized spacial score (nSPS) is 26.8. The quantitative estimate of drug-likeness (QED) is 0.922. The van der Waals surface area contributed by atoms with Gasteiger partial charge in [0.05, 0.1) is 5.52 Å². The van der Waals surface area contributed by atoms with E-state index >= 15 is 0 Å². The number of amides is 1. The van der Waals surface area contributed by atoms with E-state index in [2.05, 4.69) is 12.2 Å². The molecule has 2 aromatic rings. The third kappa shape index (κ3) is 2.75. The van der Waals surface area contributed by atoms with Gasteiger partial charge in [0.2, 0.25) is 5.91 Å². The van der Waals surface area contributed by atoms with Crippen LogP contribution in [0, 0.1) is 17.8 Å². The molecule has 2 bridgehead atoms. The van der Waals surface area contributed by atoms with E-state index in [1.54, 1.807) is 18.2 Å². The van der Waals surface area contributed by atoms with E-state index in [4.69, 9.17) is 16.0 Å². The van der Waals surface area contributed by atoms with Gasteiger partial charge in [0, 0.05) is 11.1 Å². The van der Waals surface area contributed by atoms with E-state index in [1.165, 1.54) is 30.3 Å². The van der Waals surface area contributed by atoms with Gasteiger partial charge in [-0.15, -0.1) is 0 Å². The summed E-state index contributed by atoms with van der Waals surface area (Å²) in [5.74, 6) is 1.48. The second-order valence-corrected chi connectivity index (χ2v) is 7.70. The Morgan fingerprint density at radius 2 is 2.25 bits per heavy atom. The largest absolute Gasteiger partial charge is 0.420 e. The van der Waals surface area contributed by atoms with Crippen molar-refractivity contribution in [1.82, 2.24) is 9.88 Å². The van der Waals surface area contributed by atoms with Crippen LogP contribution in [0.15, 0.2) is 27.4 Å². The summed E-state index contributed by atoms with van der Waals surface area (Å²) in [6.45, 7) is 2.04. The highest BCUT2D eigenvalue weighted by molar-refractivity contribution is 6.31. The first-order chi connectivity index (χ1) is 11.5. The molecule has 1 N–H and O–H groups in total. The maximum absolute atomic E-state index is 12.4. The number of aromatic nitrogens is 1. The van der Waals surface area contributed by atoms with Gasteiger partial charge < -0.3 is 9.73 Å². The number of nitrogens with one attached hydrogen (secondary N) is 1. The molecule has 0 spiro atoms. The summed E-state index contributed by atoms with van der Waals surface area (Å²) >= 11 is 5.99. The molecule has 128 valence electrons. The second kappa shape index (κ2) is 5.96. The van der Waals surface area contributed by atoms with E-state index in [0.717, 1.165) is 11.8 Å². The highest BCUT2D eigenvalue weighted by atomic mass is 35.5. The summed E-state index contributed by atoms with van der Waals surface area (Å²) in [6.07, 6.45) is 5.17. The van der Waals surface area contributed by atoms with Crippen molar-refractivity contribution in [3.8, 4) is 0 Å². The molecule has 1 amide bonds. The SMILES string of the molecule is C[C@@H](NC(=O)Cn1c(=O)oc2ccc(Cl)cc21)[C@@H]1C[C@H]2CC[C@H]1C2. The smallest absolute Gasteiger partial charge is 0.408 e. The predicted octanol–water partition coefficient (Wildman–Crippen LogP) is 3.19. The molecule has 1 aromatic heterocycles. The number of benzene rings is 1. The number of fused-ring (bicyclic) bond motifs is 3. The van der Waals surface area contributed by atoms with E-state index in [0.29, 0.717) is 22.0 Å². The molecule has 1 heterocycles. The number of rotatable bonds is 4. The van der Waals surface area contributed by atoms with Crippen molar-refractivity contribution in [3.63, 3.8) is 0 Å². The van der Waals surface area contributed by atoms with Crippen molar-refractivity contribution >= 4 is 28.6 Å². The second-order valence-electron chi connectivity index (χ2n) is 7.26. The van der Waals surface area contributed by atoms with Crippen LogP contribution in [0.3, 0.4) is 0 Å². The Morgan fingerprint density at radius 1 is 1.42 bits per heavy atom. The third-order valence-corrected chi connectivity index (χ3v) is 5.99. The lowest BCUT2D eigenvalue weighted by Gasteiger charge is -2.28. The van der Waals surface area contributed by atoms with Gasteiger partial charge in [-0.2, -0.15) is 0 Å². The fourth-order valence-corrected chi connectivity index (χ4v) is 4.81. The molecule has 1 aromatic carbocycles. The van der Waals surface area contributed by atoms with Crippen LogP contribution in [0.1, 0.15) is 32.6 Å². The molecule has 4 atom stereocenters. The predicted molar refractivity (Wildman–Crippen MR) is 92.0 cm³/mol. The Balaban J connectivity index is 1.47. The van der Waals surface area contributed by atoms with Crippen LogP contribution in [0.2, 0.25) is 5.02 Å². The number of hydrogen-bond donors (Lipinski definition) is 1. The fraction of sp³-hybridized carbons (Fsp3) is 0.556. The van der Waals surface area contributed by atoms with Crippen LogP contribution in [0.4, 0.5) is 0 Å². The van der Waals surface area contributed by atoms with Crippen molar-refractivity contribution in [2.24, 2.45) is 17.8 Å². The van der Waals surface area contributed by atoms with Crippen LogP contribution >= 0.6 is 11.6 Å². The molecule has 2 aliphatic rings. The minimum absolute atomic E-state index is 0.0443. The molecule has 6 heteroatoms. The van der Waals surface area contributed by atoms with Crippen molar-refractivity contribution in [1.29, 1.82) is 0 Å². The number of hydrogen-bond acceptors (Lipinski definition) is 3. The lowest BCUT2D eigenvalue weighted by atomic mass is 9.84. The summed E-state index contributed by atoms with van der Waals surface area (Å²) in [5.41, 5.74) is 0.994. The van der Waals surface area contributed by atoms with Gasteiger partial charge in [-0.1, -0.05) is 18.0 Å². The lowest BCUT2D eigenvalue weighted by molar-refractivity contribution is -0.122. The maximum Gasteiger partial charge on any atom is 0.420 e. The fourth-order valence-electron chi connectivity index (χ4n) is 4.64. The average molecular weight is 349 g/mol. The standard InChI is InChI=1S/C18H21ClN2O3/c1-10(14-7-11-2-3-12(14)6-11)20-17(22)9-21-15-8-13(19)4-5-16(15)24-18(21)23/h4-5,8,10-12,14H,2-3,6-7,9H2,1H3,(H,20,22)/t10-,11+,12+,14+/m1/s1. The Kier molecular flexibility index (Phi) is 3.91. The van der Waals surface area contributed by atoms with Crippen LogP contribution in [-0.2, 0) is 11.3 Å². The lowest BCUT2D eigenvalue weighted by Crippen LogP contribution is -2.42. The molecule has 24 heavy (non-hydrogen) atoms. The first kappa shape index (κ1) is 15.8. The van der Waals surface area contributed by atoms with Gasteiger partial charge in [-0.3, -0.25) is 9.36 Å². The zero-order valence-corrected chi connectivity index (χ0v) is 14.4. The summed E-state index contributed by atoms with van der Waals surface area (Å²) in [5, 5.41) is 3.59. The molecule has 4 rings (SSSR count).